The lowest BCUT2D eigenvalue weighted by Gasteiger charge is -2.19. The SMILES string of the molecule is CC(C)OC(Cc1cc(NC(=O)OCc2nc3ccccc3[nH]2)ccc1F)C(=O)OC(=O)C(F)(F)F. The molecule has 1 amide bonds. The first-order valence-electron chi connectivity index (χ1n) is 10.6. The van der Waals surface area contributed by atoms with E-state index in [1.165, 1.54) is 19.9 Å². The van der Waals surface area contributed by atoms with Crippen molar-refractivity contribution < 1.29 is 46.2 Å². The van der Waals surface area contributed by atoms with Crippen LogP contribution in [0, 0.1) is 5.82 Å². The fraction of sp³-hybridized carbons (Fsp3) is 0.304. The minimum atomic E-state index is -5.39. The lowest BCUT2D eigenvalue weighted by Crippen LogP contribution is -2.36. The molecule has 3 aromatic rings. The molecule has 2 aromatic carbocycles. The van der Waals surface area contributed by atoms with Crippen LogP contribution in [-0.2, 0) is 36.8 Å². The highest BCUT2D eigenvalue weighted by Crippen LogP contribution is 2.21. The number of benzene rings is 2. The van der Waals surface area contributed by atoms with Crippen LogP contribution in [0.5, 0.6) is 0 Å². The summed E-state index contributed by atoms with van der Waals surface area (Å²) in [6.07, 6.45) is -9.24. The number of aromatic nitrogens is 2. The molecule has 0 radical (unpaired) electrons. The van der Waals surface area contributed by atoms with E-state index in [1.54, 1.807) is 18.2 Å². The van der Waals surface area contributed by atoms with Gasteiger partial charge in [-0.3, -0.25) is 5.32 Å². The molecule has 13 heteroatoms. The lowest BCUT2D eigenvalue weighted by atomic mass is 10.1. The van der Waals surface area contributed by atoms with Crippen molar-refractivity contribution in [3.8, 4) is 0 Å². The van der Waals surface area contributed by atoms with E-state index in [1.807, 2.05) is 6.07 Å². The number of nitrogens with one attached hydrogen (secondary N) is 2. The molecule has 0 spiro atoms. The Morgan fingerprint density at radius 1 is 1.11 bits per heavy atom. The van der Waals surface area contributed by atoms with Gasteiger partial charge in [0.1, 0.15) is 11.6 Å². The van der Waals surface area contributed by atoms with Gasteiger partial charge in [-0.1, -0.05) is 12.1 Å². The molecular formula is C23H21F4N3O6. The molecule has 36 heavy (non-hydrogen) atoms. The van der Waals surface area contributed by atoms with Gasteiger partial charge in [0.25, 0.3) is 0 Å². The zero-order valence-corrected chi connectivity index (χ0v) is 19.0. The number of imidazole rings is 1. The second kappa shape index (κ2) is 11.2. The van der Waals surface area contributed by atoms with Gasteiger partial charge in [-0.05, 0) is 49.7 Å². The molecule has 9 nitrogen and oxygen atoms in total. The highest BCUT2D eigenvalue weighted by atomic mass is 19.4. The van der Waals surface area contributed by atoms with Crippen molar-refractivity contribution >= 4 is 34.8 Å². The predicted octanol–water partition coefficient (Wildman–Crippen LogP) is 4.42. The molecule has 0 fully saturated rings. The van der Waals surface area contributed by atoms with Crippen LogP contribution >= 0.6 is 0 Å². The molecule has 0 saturated carbocycles. The number of hydrogen-bond donors (Lipinski definition) is 2. The summed E-state index contributed by atoms with van der Waals surface area (Å²) in [5, 5.41) is 2.38. The lowest BCUT2D eigenvalue weighted by molar-refractivity contribution is -0.205. The first-order chi connectivity index (χ1) is 16.9. The smallest absolute Gasteiger partial charge is 0.441 e. The molecule has 192 valence electrons. The molecule has 1 unspecified atom stereocenters. The van der Waals surface area contributed by atoms with Crippen molar-refractivity contribution in [1.29, 1.82) is 0 Å². The number of esters is 2. The third kappa shape index (κ3) is 7.25. The van der Waals surface area contributed by atoms with E-state index in [4.69, 9.17) is 9.47 Å². The highest BCUT2D eigenvalue weighted by Gasteiger charge is 2.43. The van der Waals surface area contributed by atoms with E-state index >= 15 is 0 Å². The number of rotatable bonds is 8. The zero-order valence-electron chi connectivity index (χ0n) is 19.0. The fourth-order valence-electron chi connectivity index (χ4n) is 3.10. The van der Waals surface area contributed by atoms with Gasteiger partial charge >= 0.3 is 24.2 Å². The number of fused-ring (bicyclic) bond motifs is 1. The van der Waals surface area contributed by atoms with Crippen molar-refractivity contribution in [2.24, 2.45) is 0 Å². The molecule has 0 saturated heterocycles. The van der Waals surface area contributed by atoms with Crippen LogP contribution in [0.1, 0.15) is 25.2 Å². The molecule has 0 bridgehead atoms. The molecule has 1 aromatic heterocycles. The second-order valence-corrected chi connectivity index (χ2v) is 7.79. The van der Waals surface area contributed by atoms with Gasteiger partial charge in [-0.2, -0.15) is 13.2 Å². The Labute approximate surface area is 201 Å². The minimum absolute atomic E-state index is 0.0732. The number of aromatic amines is 1. The van der Waals surface area contributed by atoms with Gasteiger partial charge in [0.2, 0.25) is 0 Å². The number of ether oxygens (including phenoxy) is 3. The Morgan fingerprint density at radius 2 is 1.83 bits per heavy atom. The maximum absolute atomic E-state index is 14.4. The number of halogens is 4. The predicted molar refractivity (Wildman–Crippen MR) is 117 cm³/mol. The number of amides is 1. The third-order valence-corrected chi connectivity index (χ3v) is 4.60. The van der Waals surface area contributed by atoms with Crippen LogP contribution < -0.4 is 5.32 Å². The summed E-state index contributed by atoms with van der Waals surface area (Å²) >= 11 is 0. The van der Waals surface area contributed by atoms with Crippen LogP contribution in [0.3, 0.4) is 0 Å². The minimum Gasteiger partial charge on any atom is -0.441 e. The average molecular weight is 511 g/mol. The van der Waals surface area contributed by atoms with E-state index in [0.29, 0.717) is 11.3 Å². The Bertz CT molecular complexity index is 1230. The summed E-state index contributed by atoms with van der Waals surface area (Å²) in [5.74, 6) is -4.78. The first-order valence-corrected chi connectivity index (χ1v) is 10.6. The number of alkyl halides is 3. The Balaban J connectivity index is 1.65. The van der Waals surface area contributed by atoms with E-state index in [-0.39, 0.29) is 17.9 Å². The maximum atomic E-state index is 14.4. The topological polar surface area (TPSA) is 120 Å². The van der Waals surface area contributed by atoms with Crippen molar-refractivity contribution in [2.45, 2.75) is 45.3 Å². The summed E-state index contributed by atoms with van der Waals surface area (Å²) in [5.41, 5.74) is 1.33. The molecule has 3 rings (SSSR count). The second-order valence-electron chi connectivity index (χ2n) is 7.79. The Hall–Kier alpha value is -4.00. The van der Waals surface area contributed by atoms with Crippen LogP contribution in [-0.4, -0.2) is 46.4 Å². The van der Waals surface area contributed by atoms with Crippen molar-refractivity contribution in [3.63, 3.8) is 0 Å². The summed E-state index contributed by atoms with van der Waals surface area (Å²) in [6, 6.07) is 10.5. The number of nitrogens with zero attached hydrogens (tertiary/aromatic N) is 1. The zero-order chi connectivity index (χ0) is 26.5. The van der Waals surface area contributed by atoms with Gasteiger partial charge in [-0.15, -0.1) is 0 Å². The largest absolute Gasteiger partial charge is 0.491 e. The monoisotopic (exact) mass is 511 g/mol. The maximum Gasteiger partial charge on any atom is 0.491 e. The average Bonchev–Trinajstić information content (AvgIpc) is 3.21. The van der Waals surface area contributed by atoms with Gasteiger partial charge in [-0.25, -0.2) is 23.8 Å². The van der Waals surface area contributed by atoms with Crippen molar-refractivity contribution in [3.05, 3.63) is 59.7 Å². The van der Waals surface area contributed by atoms with Gasteiger partial charge in [0.15, 0.2) is 12.7 Å². The number of H-pyrrole nitrogens is 1. The molecule has 2 N–H and O–H groups in total. The number of para-hydroxylation sites is 2. The number of hydrogen-bond acceptors (Lipinski definition) is 7. The third-order valence-electron chi connectivity index (χ3n) is 4.60. The summed E-state index contributed by atoms with van der Waals surface area (Å²) in [6.45, 7) is 2.79. The van der Waals surface area contributed by atoms with Gasteiger partial charge < -0.3 is 19.2 Å². The Kier molecular flexibility index (Phi) is 8.25. The first kappa shape index (κ1) is 26.6. The Morgan fingerprint density at radius 3 is 2.50 bits per heavy atom. The van der Waals surface area contributed by atoms with Crippen molar-refractivity contribution in [1.82, 2.24) is 9.97 Å². The molecule has 0 aliphatic heterocycles. The number of carbonyl (C=O) groups is 3. The molecule has 1 atom stereocenters. The van der Waals surface area contributed by atoms with Crippen LogP contribution in [0.15, 0.2) is 42.5 Å². The summed E-state index contributed by atoms with van der Waals surface area (Å²) in [7, 11) is 0. The molecule has 1 heterocycles. The number of carbonyl (C=O) groups excluding carboxylic acids is 3. The van der Waals surface area contributed by atoms with Crippen LogP contribution in [0.25, 0.3) is 11.0 Å². The normalized spacial score (nSPS) is 12.4. The van der Waals surface area contributed by atoms with Crippen LogP contribution in [0.2, 0.25) is 0 Å². The summed E-state index contributed by atoms with van der Waals surface area (Å²) in [4.78, 5) is 42.5. The van der Waals surface area contributed by atoms with E-state index in [0.717, 1.165) is 17.6 Å². The molecule has 0 aliphatic rings. The van der Waals surface area contributed by atoms with E-state index in [9.17, 15) is 31.9 Å². The van der Waals surface area contributed by atoms with Crippen LogP contribution in [0.4, 0.5) is 28.0 Å². The van der Waals surface area contributed by atoms with E-state index in [2.05, 4.69) is 20.0 Å². The van der Waals surface area contributed by atoms with Crippen molar-refractivity contribution in [2.75, 3.05) is 5.32 Å². The van der Waals surface area contributed by atoms with Gasteiger partial charge in [0, 0.05) is 12.1 Å². The number of anilines is 1. The van der Waals surface area contributed by atoms with E-state index < -0.39 is 48.7 Å². The fourth-order valence-corrected chi connectivity index (χ4v) is 3.10. The quantitative estimate of drug-likeness (QED) is 0.261. The molecule has 0 aliphatic carbocycles. The highest BCUT2D eigenvalue weighted by molar-refractivity contribution is 5.90. The van der Waals surface area contributed by atoms with Gasteiger partial charge in [0.05, 0.1) is 17.1 Å². The summed E-state index contributed by atoms with van der Waals surface area (Å²) < 4.78 is 65.9. The standard InChI is InChI=1S/C23H21F4N3O6/c1-12(2)35-18(20(31)36-21(32)23(25,26)27)10-13-9-14(7-8-15(13)24)28-22(33)34-11-19-29-16-5-3-4-6-17(16)30-19/h3-9,12,18H,10-11H2,1-2H3,(H,28,33)(H,29,30). The molecular weight excluding hydrogens is 490 g/mol.